The van der Waals surface area contributed by atoms with Gasteiger partial charge in [0.25, 0.3) is 0 Å². The second-order valence-electron chi connectivity index (χ2n) is 2.98. The van der Waals surface area contributed by atoms with E-state index in [4.69, 9.17) is 9.47 Å². The van der Waals surface area contributed by atoms with Crippen molar-refractivity contribution in [2.75, 3.05) is 20.3 Å². The Bertz CT molecular complexity index is 108. The molecule has 0 aromatic heterocycles. The lowest BCUT2D eigenvalue weighted by atomic mass is 10.3. The molecule has 1 heterocycles. The maximum absolute atomic E-state index is 5.54. The standard InChI is InChI=1S/C8H17NO2/c1-7-6-9-8(11-7)4-3-5-10-2/h7-9H,3-6H2,1-2H3. The van der Waals surface area contributed by atoms with Crippen molar-refractivity contribution in [3.8, 4) is 0 Å². The van der Waals surface area contributed by atoms with E-state index in [2.05, 4.69) is 12.2 Å². The Morgan fingerprint density at radius 3 is 3.00 bits per heavy atom. The van der Waals surface area contributed by atoms with Crippen molar-refractivity contribution in [1.82, 2.24) is 5.32 Å². The Labute approximate surface area is 68.1 Å². The predicted octanol–water partition coefficient (Wildman–Crippen LogP) is 0.747. The highest BCUT2D eigenvalue weighted by molar-refractivity contribution is 4.69. The van der Waals surface area contributed by atoms with E-state index in [0.29, 0.717) is 6.10 Å². The quantitative estimate of drug-likeness (QED) is 0.614. The molecule has 0 amide bonds. The summed E-state index contributed by atoms with van der Waals surface area (Å²) in [7, 11) is 1.73. The van der Waals surface area contributed by atoms with Crippen LogP contribution in [-0.4, -0.2) is 32.6 Å². The van der Waals surface area contributed by atoms with Crippen LogP contribution < -0.4 is 5.32 Å². The Balaban J connectivity index is 1.99. The van der Waals surface area contributed by atoms with Gasteiger partial charge in [-0.05, 0) is 19.8 Å². The lowest BCUT2D eigenvalue weighted by Gasteiger charge is -2.09. The molecule has 1 rings (SSSR count). The van der Waals surface area contributed by atoms with Crippen LogP contribution >= 0.6 is 0 Å². The fraction of sp³-hybridized carbons (Fsp3) is 1.00. The van der Waals surface area contributed by atoms with E-state index >= 15 is 0 Å². The molecule has 1 saturated heterocycles. The largest absolute Gasteiger partial charge is 0.385 e. The molecule has 0 saturated carbocycles. The summed E-state index contributed by atoms with van der Waals surface area (Å²) in [5, 5.41) is 3.29. The van der Waals surface area contributed by atoms with Gasteiger partial charge in [-0.25, -0.2) is 0 Å². The molecule has 1 fully saturated rings. The first-order chi connectivity index (χ1) is 5.33. The molecule has 0 aliphatic carbocycles. The van der Waals surface area contributed by atoms with E-state index in [1.54, 1.807) is 7.11 Å². The van der Waals surface area contributed by atoms with Gasteiger partial charge in [0.1, 0.15) is 6.23 Å². The monoisotopic (exact) mass is 159 g/mol. The number of methoxy groups -OCH3 is 1. The van der Waals surface area contributed by atoms with Gasteiger partial charge in [-0.3, -0.25) is 5.32 Å². The molecule has 11 heavy (non-hydrogen) atoms. The molecule has 0 radical (unpaired) electrons. The highest BCUT2D eigenvalue weighted by Gasteiger charge is 2.19. The predicted molar refractivity (Wildman–Crippen MR) is 43.4 cm³/mol. The Morgan fingerprint density at radius 2 is 2.45 bits per heavy atom. The summed E-state index contributed by atoms with van der Waals surface area (Å²) in [6, 6.07) is 0. The van der Waals surface area contributed by atoms with E-state index < -0.39 is 0 Å². The minimum Gasteiger partial charge on any atom is -0.385 e. The molecular weight excluding hydrogens is 142 g/mol. The van der Waals surface area contributed by atoms with Crippen molar-refractivity contribution in [1.29, 1.82) is 0 Å². The first kappa shape index (κ1) is 8.97. The van der Waals surface area contributed by atoms with Crippen molar-refractivity contribution in [3.05, 3.63) is 0 Å². The molecule has 0 spiro atoms. The topological polar surface area (TPSA) is 30.5 Å². The minimum absolute atomic E-state index is 0.264. The second kappa shape index (κ2) is 4.70. The molecule has 3 heteroatoms. The maximum Gasteiger partial charge on any atom is 0.108 e. The van der Waals surface area contributed by atoms with Crippen LogP contribution in [0.5, 0.6) is 0 Å². The summed E-state index contributed by atoms with van der Waals surface area (Å²) >= 11 is 0. The van der Waals surface area contributed by atoms with E-state index in [1.807, 2.05) is 0 Å². The van der Waals surface area contributed by atoms with Crippen molar-refractivity contribution in [2.45, 2.75) is 32.1 Å². The van der Waals surface area contributed by atoms with Crippen LogP contribution in [0.3, 0.4) is 0 Å². The fourth-order valence-electron chi connectivity index (χ4n) is 1.26. The van der Waals surface area contributed by atoms with Gasteiger partial charge in [0.15, 0.2) is 0 Å². The van der Waals surface area contributed by atoms with Crippen LogP contribution in [0.15, 0.2) is 0 Å². The normalized spacial score (nSPS) is 31.1. The van der Waals surface area contributed by atoms with Gasteiger partial charge in [-0.1, -0.05) is 0 Å². The summed E-state index contributed by atoms with van der Waals surface area (Å²) in [5.41, 5.74) is 0. The maximum atomic E-state index is 5.54. The third-order valence-electron chi connectivity index (χ3n) is 1.84. The van der Waals surface area contributed by atoms with Gasteiger partial charge in [0.05, 0.1) is 6.10 Å². The van der Waals surface area contributed by atoms with E-state index in [1.165, 1.54) is 0 Å². The molecule has 2 atom stereocenters. The Kier molecular flexibility index (Phi) is 3.83. The number of rotatable bonds is 4. The van der Waals surface area contributed by atoms with Gasteiger partial charge < -0.3 is 9.47 Å². The lowest BCUT2D eigenvalue weighted by Crippen LogP contribution is -2.22. The van der Waals surface area contributed by atoms with Crippen LogP contribution in [-0.2, 0) is 9.47 Å². The van der Waals surface area contributed by atoms with Gasteiger partial charge in [-0.2, -0.15) is 0 Å². The first-order valence-electron chi connectivity index (χ1n) is 4.20. The number of ether oxygens (including phenoxy) is 2. The summed E-state index contributed by atoms with van der Waals surface area (Å²) in [6.07, 6.45) is 2.77. The van der Waals surface area contributed by atoms with Crippen LogP contribution in [0, 0.1) is 0 Å². The van der Waals surface area contributed by atoms with E-state index in [-0.39, 0.29) is 6.23 Å². The first-order valence-corrected chi connectivity index (χ1v) is 4.20. The summed E-state index contributed by atoms with van der Waals surface area (Å²) < 4.78 is 10.5. The highest BCUT2D eigenvalue weighted by Crippen LogP contribution is 2.08. The van der Waals surface area contributed by atoms with Crippen LogP contribution in [0.2, 0.25) is 0 Å². The van der Waals surface area contributed by atoms with E-state index in [0.717, 1.165) is 26.0 Å². The summed E-state index contributed by atoms with van der Waals surface area (Å²) in [5.74, 6) is 0. The zero-order chi connectivity index (χ0) is 8.10. The van der Waals surface area contributed by atoms with Gasteiger partial charge in [0, 0.05) is 20.3 Å². The molecule has 0 aromatic carbocycles. The SMILES string of the molecule is COCCCC1NCC(C)O1. The smallest absolute Gasteiger partial charge is 0.108 e. The molecule has 1 aliphatic rings. The zero-order valence-electron chi connectivity index (χ0n) is 7.30. The molecule has 1 N–H and O–H groups in total. The van der Waals surface area contributed by atoms with E-state index in [9.17, 15) is 0 Å². The van der Waals surface area contributed by atoms with Crippen LogP contribution in [0.4, 0.5) is 0 Å². The molecule has 0 aromatic rings. The summed E-state index contributed by atoms with van der Waals surface area (Å²) in [4.78, 5) is 0. The van der Waals surface area contributed by atoms with Gasteiger partial charge in [0.2, 0.25) is 0 Å². The fourth-order valence-corrected chi connectivity index (χ4v) is 1.26. The third-order valence-corrected chi connectivity index (χ3v) is 1.84. The van der Waals surface area contributed by atoms with Crippen molar-refractivity contribution >= 4 is 0 Å². The Morgan fingerprint density at radius 1 is 1.64 bits per heavy atom. The van der Waals surface area contributed by atoms with Crippen LogP contribution in [0.25, 0.3) is 0 Å². The van der Waals surface area contributed by atoms with Crippen molar-refractivity contribution in [3.63, 3.8) is 0 Å². The molecule has 2 unspecified atom stereocenters. The number of hydrogen-bond acceptors (Lipinski definition) is 3. The highest BCUT2D eigenvalue weighted by atomic mass is 16.5. The average molecular weight is 159 g/mol. The van der Waals surface area contributed by atoms with Crippen LogP contribution in [0.1, 0.15) is 19.8 Å². The molecular formula is C8H17NO2. The lowest BCUT2D eigenvalue weighted by molar-refractivity contribution is 0.0401. The van der Waals surface area contributed by atoms with Gasteiger partial charge >= 0.3 is 0 Å². The zero-order valence-corrected chi connectivity index (χ0v) is 7.30. The average Bonchev–Trinajstić information content (AvgIpc) is 2.37. The number of nitrogens with one attached hydrogen (secondary N) is 1. The molecule has 3 nitrogen and oxygen atoms in total. The van der Waals surface area contributed by atoms with Gasteiger partial charge in [-0.15, -0.1) is 0 Å². The number of hydrogen-bond donors (Lipinski definition) is 1. The van der Waals surface area contributed by atoms with Crippen molar-refractivity contribution < 1.29 is 9.47 Å². The second-order valence-corrected chi connectivity index (χ2v) is 2.98. The third kappa shape index (κ3) is 3.18. The molecule has 1 aliphatic heterocycles. The minimum atomic E-state index is 0.264. The summed E-state index contributed by atoms with van der Waals surface area (Å²) in [6.45, 7) is 3.90. The Hall–Kier alpha value is -0.120. The van der Waals surface area contributed by atoms with Crippen molar-refractivity contribution in [2.24, 2.45) is 0 Å². The molecule has 0 bridgehead atoms. The molecule has 66 valence electrons.